The van der Waals surface area contributed by atoms with Gasteiger partial charge in [0.05, 0.1) is 6.04 Å². The molecule has 33 heavy (non-hydrogen) atoms. The molecule has 0 heterocycles. The normalized spacial score (nSPS) is 14.4. The van der Waals surface area contributed by atoms with Crippen LogP contribution in [0, 0.1) is 0 Å². The number of hydrogen-bond donors (Lipinski definition) is 8. The van der Waals surface area contributed by atoms with Gasteiger partial charge in [-0.25, -0.2) is 4.79 Å². The molecule has 4 atom stereocenters. The minimum Gasteiger partial charge on any atom is -0.481 e. The number of nitrogens with one attached hydrogen (secondary N) is 3. The van der Waals surface area contributed by atoms with Crippen LogP contribution < -0.4 is 27.4 Å². The van der Waals surface area contributed by atoms with Gasteiger partial charge >= 0.3 is 11.9 Å². The molecular formula is C19H35N5O7S2. The van der Waals surface area contributed by atoms with Crippen LogP contribution in [-0.4, -0.2) is 88.3 Å². The van der Waals surface area contributed by atoms with Crippen molar-refractivity contribution in [2.75, 3.05) is 24.3 Å². The van der Waals surface area contributed by atoms with E-state index in [1.54, 1.807) is 0 Å². The van der Waals surface area contributed by atoms with Crippen LogP contribution in [0.15, 0.2) is 0 Å². The van der Waals surface area contributed by atoms with Crippen molar-refractivity contribution < 1.29 is 34.2 Å². The molecule has 9 N–H and O–H groups in total. The summed E-state index contributed by atoms with van der Waals surface area (Å²) in [5.41, 5.74) is 11.3. The second-order valence-electron chi connectivity index (χ2n) is 7.31. The van der Waals surface area contributed by atoms with Crippen molar-refractivity contribution in [3.63, 3.8) is 0 Å². The number of thioether (sulfide) groups is 1. The van der Waals surface area contributed by atoms with Crippen LogP contribution in [0.2, 0.25) is 0 Å². The fraction of sp³-hybridized carbons (Fsp3) is 0.737. The van der Waals surface area contributed by atoms with E-state index in [-0.39, 0.29) is 18.6 Å². The lowest BCUT2D eigenvalue weighted by molar-refractivity contribution is -0.142. The fourth-order valence-corrected chi connectivity index (χ4v) is 3.41. The monoisotopic (exact) mass is 509 g/mol. The van der Waals surface area contributed by atoms with E-state index in [0.717, 1.165) is 0 Å². The first-order chi connectivity index (χ1) is 15.6. The lowest BCUT2D eigenvalue weighted by atomic mass is 10.1. The van der Waals surface area contributed by atoms with Crippen LogP contribution in [0.3, 0.4) is 0 Å². The average molecular weight is 510 g/mol. The van der Waals surface area contributed by atoms with Crippen molar-refractivity contribution in [3.05, 3.63) is 0 Å². The Kier molecular flexibility index (Phi) is 16.4. The number of nitrogens with two attached hydrogens (primary N) is 2. The molecule has 0 aliphatic heterocycles. The number of carbonyl (C=O) groups excluding carboxylic acids is 3. The summed E-state index contributed by atoms with van der Waals surface area (Å²) in [7, 11) is 0. The zero-order valence-corrected chi connectivity index (χ0v) is 20.3. The highest BCUT2D eigenvalue weighted by atomic mass is 32.2. The van der Waals surface area contributed by atoms with E-state index in [0.29, 0.717) is 31.6 Å². The largest absolute Gasteiger partial charge is 0.481 e. The molecular weight excluding hydrogens is 474 g/mol. The Morgan fingerprint density at radius 3 is 1.91 bits per heavy atom. The number of rotatable bonds is 18. The van der Waals surface area contributed by atoms with Gasteiger partial charge < -0.3 is 37.6 Å². The van der Waals surface area contributed by atoms with Gasteiger partial charge in [-0.2, -0.15) is 24.4 Å². The quantitative estimate of drug-likeness (QED) is 0.0793. The second-order valence-corrected chi connectivity index (χ2v) is 8.66. The highest BCUT2D eigenvalue weighted by molar-refractivity contribution is 7.98. The first-order valence-corrected chi connectivity index (χ1v) is 12.5. The topological polar surface area (TPSA) is 214 Å². The lowest BCUT2D eigenvalue weighted by Crippen LogP contribution is -2.57. The van der Waals surface area contributed by atoms with Gasteiger partial charge in [0.1, 0.15) is 18.1 Å². The summed E-state index contributed by atoms with van der Waals surface area (Å²) in [6.45, 7) is 0.475. The number of carbonyl (C=O) groups is 5. The predicted molar refractivity (Wildman–Crippen MR) is 128 cm³/mol. The molecule has 14 heteroatoms. The molecule has 0 aromatic rings. The summed E-state index contributed by atoms with van der Waals surface area (Å²) in [4.78, 5) is 60.0. The molecule has 0 aromatic heterocycles. The third kappa shape index (κ3) is 13.3. The molecule has 3 amide bonds. The van der Waals surface area contributed by atoms with E-state index < -0.39 is 60.2 Å². The van der Waals surface area contributed by atoms with Gasteiger partial charge in [0.2, 0.25) is 17.7 Å². The lowest BCUT2D eigenvalue weighted by Gasteiger charge is -2.24. The van der Waals surface area contributed by atoms with E-state index in [1.165, 1.54) is 11.8 Å². The van der Waals surface area contributed by atoms with Crippen LogP contribution in [0.1, 0.15) is 38.5 Å². The average Bonchev–Trinajstić information content (AvgIpc) is 2.76. The summed E-state index contributed by atoms with van der Waals surface area (Å²) in [5, 5.41) is 25.3. The van der Waals surface area contributed by atoms with Gasteiger partial charge in [-0.05, 0) is 44.2 Å². The third-order valence-electron chi connectivity index (χ3n) is 4.63. The maximum Gasteiger partial charge on any atom is 0.327 e. The van der Waals surface area contributed by atoms with Gasteiger partial charge in [0, 0.05) is 12.2 Å². The molecule has 0 aromatic carbocycles. The van der Waals surface area contributed by atoms with Gasteiger partial charge in [-0.15, -0.1) is 0 Å². The van der Waals surface area contributed by atoms with Crippen molar-refractivity contribution in [1.82, 2.24) is 16.0 Å². The van der Waals surface area contributed by atoms with E-state index in [4.69, 9.17) is 21.7 Å². The summed E-state index contributed by atoms with van der Waals surface area (Å²) in [6.07, 6.45) is 3.11. The molecule has 0 saturated heterocycles. The molecule has 12 nitrogen and oxygen atoms in total. The molecule has 190 valence electrons. The van der Waals surface area contributed by atoms with E-state index in [9.17, 15) is 24.0 Å². The van der Waals surface area contributed by atoms with Gasteiger partial charge in [-0.3, -0.25) is 19.2 Å². The Balaban J connectivity index is 5.35. The summed E-state index contributed by atoms with van der Waals surface area (Å²) < 4.78 is 0. The van der Waals surface area contributed by atoms with Crippen molar-refractivity contribution in [1.29, 1.82) is 0 Å². The fourth-order valence-electron chi connectivity index (χ4n) is 2.69. The molecule has 4 unspecified atom stereocenters. The highest BCUT2D eigenvalue weighted by Gasteiger charge is 2.30. The number of thiol groups is 1. The van der Waals surface area contributed by atoms with E-state index in [1.807, 2.05) is 6.26 Å². The van der Waals surface area contributed by atoms with Crippen LogP contribution in [0.5, 0.6) is 0 Å². The highest BCUT2D eigenvalue weighted by Crippen LogP contribution is 2.06. The number of unbranched alkanes of at least 4 members (excludes halogenated alkanes) is 1. The van der Waals surface area contributed by atoms with Crippen LogP contribution in [0.25, 0.3) is 0 Å². The summed E-state index contributed by atoms with van der Waals surface area (Å²) in [6, 6.07) is -4.48. The molecule has 0 saturated carbocycles. The molecule has 0 spiro atoms. The molecule has 0 rings (SSSR count). The van der Waals surface area contributed by atoms with Crippen LogP contribution in [-0.2, 0) is 24.0 Å². The van der Waals surface area contributed by atoms with Crippen LogP contribution in [0.4, 0.5) is 0 Å². The minimum atomic E-state index is -1.32. The van der Waals surface area contributed by atoms with Crippen molar-refractivity contribution >= 4 is 54.1 Å². The number of carboxylic acids is 2. The third-order valence-corrected chi connectivity index (χ3v) is 5.64. The standard InChI is InChI=1S/C19H35N5O7S2/c1-33-9-7-13(22-16(27)11(21)4-2-3-8-20)18(29)23-12(5-6-15(25)26)17(28)24-14(10-32)19(30)31/h11-14,32H,2-10,20-21H2,1H3,(H,22,27)(H,23,29)(H,24,28)(H,25,26)(H,30,31). The number of aliphatic carboxylic acids is 2. The van der Waals surface area contributed by atoms with Crippen molar-refractivity contribution in [2.45, 2.75) is 62.7 Å². The molecule has 0 fully saturated rings. The van der Waals surface area contributed by atoms with Gasteiger partial charge in [0.15, 0.2) is 0 Å². The molecule has 0 aliphatic rings. The zero-order valence-electron chi connectivity index (χ0n) is 18.6. The number of carboxylic acid groups (broad SMARTS) is 2. The maximum atomic E-state index is 12.9. The Labute approximate surface area is 202 Å². The Morgan fingerprint density at radius 2 is 1.42 bits per heavy atom. The van der Waals surface area contributed by atoms with Crippen molar-refractivity contribution in [3.8, 4) is 0 Å². The Morgan fingerprint density at radius 1 is 0.879 bits per heavy atom. The SMILES string of the molecule is CSCCC(NC(=O)C(N)CCCCN)C(=O)NC(CCC(=O)O)C(=O)NC(CS)C(=O)O. The van der Waals surface area contributed by atoms with Gasteiger partial charge in [-0.1, -0.05) is 6.42 Å². The van der Waals surface area contributed by atoms with Crippen molar-refractivity contribution in [2.24, 2.45) is 11.5 Å². The number of hydrogen-bond acceptors (Lipinski definition) is 9. The predicted octanol–water partition coefficient (Wildman–Crippen LogP) is -1.47. The first kappa shape index (κ1) is 31.0. The summed E-state index contributed by atoms with van der Waals surface area (Å²) >= 11 is 5.31. The zero-order chi connectivity index (χ0) is 25.4. The maximum absolute atomic E-state index is 12.9. The summed E-state index contributed by atoms with van der Waals surface area (Å²) in [5.74, 6) is -4.28. The number of amides is 3. The minimum absolute atomic E-state index is 0.199. The van der Waals surface area contributed by atoms with Crippen LogP contribution >= 0.6 is 24.4 Å². The first-order valence-electron chi connectivity index (χ1n) is 10.5. The smallest absolute Gasteiger partial charge is 0.327 e. The molecule has 0 radical (unpaired) electrons. The second kappa shape index (κ2) is 17.4. The molecule has 0 bridgehead atoms. The van der Waals surface area contributed by atoms with E-state index in [2.05, 4.69) is 28.6 Å². The van der Waals surface area contributed by atoms with E-state index >= 15 is 0 Å². The Bertz CT molecular complexity index is 668. The molecule has 0 aliphatic carbocycles. The van der Waals surface area contributed by atoms with Gasteiger partial charge in [0.25, 0.3) is 0 Å². The Hall–Kier alpha value is -2.03.